The zero-order valence-corrected chi connectivity index (χ0v) is 16.8. The maximum atomic E-state index is 4.90. The SMILES string of the molecule is CCc1cc(N2CCN(c3c(C)c(C)nc4ncnn34)CC2)nc(C2CC2)n1. The van der Waals surface area contributed by atoms with Crippen molar-refractivity contribution in [2.24, 2.45) is 0 Å². The second-order valence-electron chi connectivity index (χ2n) is 7.80. The summed E-state index contributed by atoms with van der Waals surface area (Å²) >= 11 is 0. The van der Waals surface area contributed by atoms with Crippen LogP contribution in [0.3, 0.4) is 0 Å². The van der Waals surface area contributed by atoms with E-state index in [-0.39, 0.29) is 0 Å². The maximum Gasteiger partial charge on any atom is 0.254 e. The molecule has 2 fully saturated rings. The Morgan fingerprint density at radius 2 is 1.75 bits per heavy atom. The first kappa shape index (κ1) is 17.3. The summed E-state index contributed by atoms with van der Waals surface area (Å²) in [5, 5.41) is 4.40. The largest absolute Gasteiger partial charge is 0.353 e. The number of nitrogens with zero attached hydrogens (tertiary/aromatic N) is 8. The lowest BCUT2D eigenvalue weighted by Crippen LogP contribution is -2.48. The van der Waals surface area contributed by atoms with Gasteiger partial charge in [0.15, 0.2) is 0 Å². The van der Waals surface area contributed by atoms with Gasteiger partial charge < -0.3 is 9.80 Å². The molecule has 0 atom stereocenters. The van der Waals surface area contributed by atoms with E-state index >= 15 is 0 Å². The molecular formula is C20H26N8. The fraction of sp³-hybridized carbons (Fsp3) is 0.550. The van der Waals surface area contributed by atoms with E-state index in [0.29, 0.717) is 11.7 Å². The summed E-state index contributed by atoms with van der Waals surface area (Å²) in [6.07, 6.45) is 4.99. The van der Waals surface area contributed by atoms with Gasteiger partial charge >= 0.3 is 0 Å². The predicted molar refractivity (Wildman–Crippen MR) is 108 cm³/mol. The normalized spacial score (nSPS) is 17.5. The van der Waals surface area contributed by atoms with E-state index in [2.05, 4.69) is 44.8 Å². The Hall–Kier alpha value is -2.77. The minimum Gasteiger partial charge on any atom is -0.353 e. The van der Waals surface area contributed by atoms with Crippen LogP contribution in [-0.2, 0) is 6.42 Å². The van der Waals surface area contributed by atoms with Gasteiger partial charge in [0.2, 0.25) is 0 Å². The number of anilines is 2. The summed E-state index contributed by atoms with van der Waals surface area (Å²) in [7, 11) is 0. The van der Waals surface area contributed by atoms with Crippen LogP contribution in [0, 0.1) is 13.8 Å². The Labute approximate surface area is 164 Å². The molecule has 5 rings (SSSR count). The number of hydrogen-bond acceptors (Lipinski definition) is 7. The summed E-state index contributed by atoms with van der Waals surface area (Å²) < 4.78 is 1.86. The molecule has 8 heteroatoms. The Morgan fingerprint density at radius 3 is 2.46 bits per heavy atom. The molecule has 0 amide bonds. The first-order valence-electron chi connectivity index (χ1n) is 10.2. The third-order valence-electron chi connectivity index (χ3n) is 5.87. The number of aromatic nitrogens is 6. The Morgan fingerprint density at radius 1 is 1.00 bits per heavy atom. The van der Waals surface area contributed by atoms with Gasteiger partial charge in [-0.25, -0.2) is 15.0 Å². The first-order chi connectivity index (χ1) is 13.6. The van der Waals surface area contributed by atoms with Crippen molar-refractivity contribution < 1.29 is 0 Å². The van der Waals surface area contributed by atoms with Gasteiger partial charge in [0.05, 0.1) is 0 Å². The highest BCUT2D eigenvalue weighted by Crippen LogP contribution is 2.38. The summed E-state index contributed by atoms with van der Waals surface area (Å²) in [6.45, 7) is 10.0. The van der Waals surface area contributed by atoms with Gasteiger partial charge in [-0.05, 0) is 33.1 Å². The Kier molecular flexibility index (Phi) is 4.14. The number of piperazine rings is 1. The van der Waals surface area contributed by atoms with Crippen molar-refractivity contribution in [1.29, 1.82) is 0 Å². The molecule has 1 aliphatic carbocycles. The van der Waals surface area contributed by atoms with Crippen molar-refractivity contribution in [3.63, 3.8) is 0 Å². The molecule has 0 bridgehead atoms. The summed E-state index contributed by atoms with van der Waals surface area (Å²) in [5.74, 6) is 4.48. The monoisotopic (exact) mass is 378 g/mol. The van der Waals surface area contributed by atoms with Crippen LogP contribution in [0.15, 0.2) is 12.4 Å². The van der Waals surface area contributed by atoms with Crippen LogP contribution in [0.25, 0.3) is 5.78 Å². The number of fused-ring (bicyclic) bond motifs is 1. The number of hydrogen-bond donors (Lipinski definition) is 0. The van der Waals surface area contributed by atoms with Crippen LogP contribution in [0.1, 0.15) is 48.5 Å². The van der Waals surface area contributed by atoms with E-state index in [1.165, 1.54) is 12.8 Å². The standard InChI is InChI=1S/C20H26N8/c1-4-16-11-17(25-18(24-16)15-5-6-15)26-7-9-27(10-8-26)19-13(2)14(3)23-20-21-12-22-28(19)20/h11-12,15H,4-10H2,1-3H3. The van der Waals surface area contributed by atoms with E-state index in [0.717, 1.165) is 67.0 Å². The van der Waals surface area contributed by atoms with Gasteiger partial charge in [-0.1, -0.05) is 6.92 Å². The zero-order valence-electron chi connectivity index (χ0n) is 16.8. The van der Waals surface area contributed by atoms with Gasteiger partial charge in [0.25, 0.3) is 5.78 Å². The van der Waals surface area contributed by atoms with Crippen molar-refractivity contribution in [3.8, 4) is 0 Å². The summed E-state index contributed by atoms with van der Waals surface area (Å²) in [6, 6.07) is 2.17. The fourth-order valence-corrected chi connectivity index (χ4v) is 3.90. The van der Waals surface area contributed by atoms with Crippen LogP contribution >= 0.6 is 0 Å². The summed E-state index contributed by atoms with van der Waals surface area (Å²) in [4.78, 5) is 23.2. The van der Waals surface area contributed by atoms with E-state index in [1.54, 1.807) is 6.33 Å². The summed E-state index contributed by atoms with van der Waals surface area (Å²) in [5.41, 5.74) is 3.33. The van der Waals surface area contributed by atoms with Crippen molar-refractivity contribution in [1.82, 2.24) is 29.5 Å². The molecule has 3 aromatic rings. The van der Waals surface area contributed by atoms with Crippen LogP contribution in [0.2, 0.25) is 0 Å². The minimum atomic E-state index is 0.578. The molecule has 3 aromatic heterocycles. The smallest absolute Gasteiger partial charge is 0.254 e. The predicted octanol–water partition coefficient (Wildman–Crippen LogP) is 2.30. The molecule has 146 valence electrons. The van der Waals surface area contributed by atoms with Crippen LogP contribution in [-0.4, -0.2) is 55.7 Å². The molecule has 0 aromatic carbocycles. The molecular weight excluding hydrogens is 352 g/mol. The van der Waals surface area contributed by atoms with Crippen LogP contribution in [0.5, 0.6) is 0 Å². The topological polar surface area (TPSA) is 75.3 Å². The van der Waals surface area contributed by atoms with Crippen LogP contribution in [0.4, 0.5) is 11.6 Å². The van der Waals surface area contributed by atoms with Gasteiger partial charge in [-0.2, -0.15) is 14.6 Å². The maximum absolute atomic E-state index is 4.90. The average Bonchev–Trinajstić information content (AvgIpc) is 3.48. The van der Waals surface area contributed by atoms with E-state index in [4.69, 9.17) is 9.97 Å². The van der Waals surface area contributed by atoms with E-state index < -0.39 is 0 Å². The highest BCUT2D eigenvalue weighted by molar-refractivity contribution is 5.55. The molecule has 0 spiro atoms. The lowest BCUT2D eigenvalue weighted by Gasteiger charge is -2.37. The number of rotatable bonds is 4. The van der Waals surface area contributed by atoms with Crippen molar-refractivity contribution >= 4 is 17.4 Å². The zero-order chi connectivity index (χ0) is 19.3. The molecule has 0 radical (unpaired) electrons. The Balaban J connectivity index is 1.40. The molecule has 4 heterocycles. The van der Waals surface area contributed by atoms with Crippen molar-refractivity contribution in [3.05, 3.63) is 35.2 Å². The van der Waals surface area contributed by atoms with E-state index in [9.17, 15) is 0 Å². The Bertz CT molecular complexity index is 1010. The third kappa shape index (κ3) is 2.96. The average molecular weight is 378 g/mol. The molecule has 2 aliphatic rings. The van der Waals surface area contributed by atoms with Gasteiger partial charge in [-0.15, -0.1) is 0 Å². The van der Waals surface area contributed by atoms with E-state index in [1.807, 2.05) is 11.4 Å². The minimum absolute atomic E-state index is 0.578. The third-order valence-corrected chi connectivity index (χ3v) is 5.87. The quantitative estimate of drug-likeness (QED) is 0.689. The molecule has 1 saturated carbocycles. The highest BCUT2D eigenvalue weighted by atomic mass is 15.4. The molecule has 0 N–H and O–H groups in total. The molecule has 28 heavy (non-hydrogen) atoms. The van der Waals surface area contributed by atoms with Crippen molar-refractivity contribution in [2.45, 2.75) is 46.0 Å². The first-order valence-corrected chi connectivity index (χ1v) is 10.2. The lowest BCUT2D eigenvalue weighted by molar-refractivity contribution is 0.628. The molecule has 8 nitrogen and oxygen atoms in total. The second-order valence-corrected chi connectivity index (χ2v) is 7.80. The highest BCUT2D eigenvalue weighted by Gasteiger charge is 2.29. The van der Waals surface area contributed by atoms with Gasteiger partial charge in [-0.3, -0.25) is 0 Å². The van der Waals surface area contributed by atoms with Gasteiger partial charge in [0.1, 0.15) is 23.8 Å². The number of aryl methyl sites for hydroxylation is 2. The molecule has 1 aliphatic heterocycles. The fourth-order valence-electron chi connectivity index (χ4n) is 3.90. The lowest BCUT2D eigenvalue weighted by atomic mass is 10.2. The van der Waals surface area contributed by atoms with Crippen molar-refractivity contribution in [2.75, 3.05) is 36.0 Å². The molecule has 0 unspecified atom stereocenters. The van der Waals surface area contributed by atoms with Gasteiger partial charge in [0, 0.05) is 55.1 Å². The molecule has 1 saturated heterocycles. The second kappa shape index (κ2) is 6.68. The van der Waals surface area contributed by atoms with Crippen LogP contribution < -0.4 is 9.80 Å².